The molecule has 0 spiro atoms. The standard InChI is InChI=1S/C16H13N5O2S2/c1-22-11-6-4-10(5-7-11)14-17-16(21-19-14)25-9-13-18-20-15(23-13)12-3-2-8-24-12/h2-8H,9H2,1H3,(H,17,19,21). The maximum atomic E-state index is 5.65. The summed E-state index contributed by atoms with van der Waals surface area (Å²) < 4.78 is 10.8. The summed E-state index contributed by atoms with van der Waals surface area (Å²) in [5.41, 5.74) is 0.943. The Bertz CT molecular complexity index is 947. The third-order valence-electron chi connectivity index (χ3n) is 3.35. The molecule has 1 aromatic carbocycles. The number of H-pyrrole nitrogens is 1. The van der Waals surface area contributed by atoms with Crippen LogP contribution in [0, 0.1) is 0 Å². The summed E-state index contributed by atoms with van der Waals surface area (Å²) in [4.78, 5) is 5.44. The Hall–Kier alpha value is -2.65. The molecule has 25 heavy (non-hydrogen) atoms. The number of thiophene rings is 1. The second-order valence-electron chi connectivity index (χ2n) is 4.96. The number of ether oxygens (including phenoxy) is 1. The molecule has 4 aromatic rings. The molecule has 0 radical (unpaired) electrons. The van der Waals surface area contributed by atoms with Gasteiger partial charge in [0.05, 0.1) is 17.7 Å². The summed E-state index contributed by atoms with van der Waals surface area (Å²) in [6, 6.07) is 11.5. The number of aromatic nitrogens is 5. The van der Waals surface area contributed by atoms with Crippen molar-refractivity contribution in [3.63, 3.8) is 0 Å². The Labute approximate surface area is 151 Å². The van der Waals surface area contributed by atoms with Crippen molar-refractivity contribution in [2.75, 3.05) is 7.11 Å². The van der Waals surface area contributed by atoms with E-state index in [1.165, 1.54) is 11.8 Å². The lowest BCUT2D eigenvalue weighted by molar-refractivity contribution is 0.415. The quantitative estimate of drug-likeness (QED) is 0.514. The molecule has 0 amide bonds. The number of thioether (sulfide) groups is 1. The molecule has 0 aliphatic heterocycles. The topological polar surface area (TPSA) is 89.7 Å². The van der Waals surface area contributed by atoms with Gasteiger partial charge in [-0.1, -0.05) is 17.8 Å². The second kappa shape index (κ2) is 7.08. The minimum Gasteiger partial charge on any atom is -0.497 e. The molecule has 3 heterocycles. The van der Waals surface area contributed by atoms with Gasteiger partial charge in [-0.2, -0.15) is 0 Å². The molecular formula is C16H13N5O2S2. The number of rotatable bonds is 6. The van der Waals surface area contributed by atoms with Crippen LogP contribution in [-0.2, 0) is 5.75 Å². The number of aromatic amines is 1. The zero-order valence-corrected chi connectivity index (χ0v) is 14.8. The summed E-state index contributed by atoms with van der Waals surface area (Å²) in [6.45, 7) is 0. The molecule has 3 aromatic heterocycles. The molecule has 9 heteroatoms. The SMILES string of the molecule is COc1ccc(-c2nc(SCc3nnc(-c4cccs4)o3)n[nH]2)cc1. The highest BCUT2D eigenvalue weighted by Gasteiger charge is 2.12. The van der Waals surface area contributed by atoms with Crippen molar-refractivity contribution < 1.29 is 9.15 Å². The third kappa shape index (κ3) is 3.57. The van der Waals surface area contributed by atoms with Crippen molar-refractivity contribution in [3.05, 3.63) is 47.7 Å². The highest BCUT2D eigenvalue weighted by atomic mass is 32.2. The molecule has 0 saturated heterocycles. The van der Waals surface area contributed by atoms with Gasteiger partial charge in [0.15, 0.2) is 5.82 Å². The van der Waals surface area contributed by atoms with Gasteiger partial charge in [-0.3, -0.25) is 5.10 Å². The number of benzene rings is 1. The normalized spacial score (nSPS) is 10.9. The highest BCUT2D eigenvalue weighted by Crippen LogP contribution is 2.26. The van der Waals surface area contributed by atoms with Gasteiger partial charge in [-0.15, -0.1) is 26.6 Å². The second-order valence-corrected chi connectivity index (χ2v) is 6.85. The van der Waals surface area contributed by atoms with Gasteiger partial charge < -0.3 is 9.15 Å². The summed E-state index contributed by atoms with van der Waals surface area (Å²) >= 11 is 3.00. The maximum absolute atomic E-state index is 5.65. The van der Waals surface area contributed by atoms with Gasteiger partial charge in [-0.25, -0.2) is 4.98 Å². The van der Waals surface area contributed by atoms with Crippen molar-refractivity contribution in [2.24, 2.45) is 0 Å². The Morgan fingerprint density at radius 3 is 2.84 bits per heavy atom. The first-order valence-electron chi connectivity index (χ1n) is 7.38. The van der Waals surface area contributed by atoms with Crippen LogP contribution in [0.15, 0.2) is 51.4 Å². The van der Waals surface area contributed by atoms with E-state index in [0.29, 0.717) is 28.5 Å². The fourth-order valence-electron chi connectivity index (χ4n) is 2.13. The fraction of sp³-hybridized carbons (Fsp3) is 0.125. The predicted octanol–water partition coefficient (Wildman–Crippen LogP) is 3.88. The van der Waals surface area contributed by atoms with E-state index in [4.69, 9.17) is 9.15 Å². The number of hydrogen-bond acceptors (Lipinski definition) is 8. The smallest absolute Gasteiger partial charge is 0.257 e. The summed E-state index contributed by atoms with van der Waals surface area (Å²) in [7, 11) is 1.64. The van der Waals surface area contributed by atoms with Crippen LogP contribution in [0.3, 0.4) is 0 Å². The van der Waals surface area contributed by atoms with E-state index in [2.05, 4.69) is 25.4 Å². The lowest BCUT2D eigenvalue weighted by Gasteiger charge is -1.99. The van der Waals surface area contributed by atoms with E-state index >= 15 is 0 Å². The number of hydrogen-bond donors (Lipinski definition) is 1. The molecule has 7 nitrogen and oxygen atoms in total. The van der Waals surface area contributed by atoms with E-state index < -0.39 is 0 Å². The van der Waals surface area contributed by atoms with Crippen molar-refractivity contribution in [2.45, 2.75) is 10.9 Å². The molecule has 0 aliphatic carbocycles. The molecule has 1 N–H and O–H groups in total. The molecule has 4 rings (SSSR count). The van der Waals surface area contributed by atoms with Crippen molar-refractivity contribution >= 4 is 23.1 Å². The van der Waals surface area contributed by atoms with Crippen LogP contribution in [0.5, 0.6) is 5.75 Å². The number of methoxy groups -OCH3 is 1. The van der Waals surface area contributed by atoms with Crippen molar-refractivity contribution in [3.8, 4) is 27.9 Å². The molecule has 0 unspecified atom stereocenters. The van der Waals surface area contributed by atoms with Crippen LogP contribution in [0.25, 0.3) is 22.2 Å². The third-order valence-corrected chi connectivity index (χ3v) is 5.04. The van der Waals surface area contributed by atoms with Crippen LogP contribution < -0.4 is 4.74 Å². The number of nitrogens with one attached hydrogen (secondary N) is 1. The molecule has 0 atom stereocenters. The van der Waals surface area contributed by atoms with Crippen molar-refractivity contribution in [1.29, 1.82) is 0 Å². The minimum absolute atomic E-state index is 0.512. The summed E-state index contributed by atoms with van der Waals surface area (Å²) in [5, 5.41) is 17.9. The zero-order chi connectivity index (χ0) is 17.1. The Balaban J connectivity index is 1.41. The lowest BCUT2D eigenvalue weighted by atomic mass is 10.2. The molecule has 126 valence electrons. The van der Waals surface area contributed by atoms with Crippen molar-refractivity contribution in [1.82, 2.24) is 25.4 Å². The van der Waals surface area contributed by atoms with Crippen LogP contribution in [0.1, 0.15) is 5.89 Å². The molecule has 0 aliphatic rings. The van der Waals surface area contributed by atoms with Gasteiger partial charge >= 0.3 is 0 Å². The van der Waals surface area contributed by atoms with Gasteiger partial charge in [0.2, 0.25) is 11.0 Å². The summed E-state index contributed by atoms with van der Waals surface area (Å²) in [5.74, 6) is 3.10. The largest absolute Gasteiger partial charge is 0.497 e. The first kappa shape index (κ1) is 15.9. The fourth-order valence-corrected chi connectivity index (χ4v) is 3.41. The van der Waals surface area contributed by atoms with E-state index in [9.17, 15) is 0 Å². The Kier molecular flexibility index (Phi) is 4.49. The molecule has 0 saturated carbocycles. The van der Waals surface area contributed by atoms with E-state index in [1.54, 1.807) is 18.4 Å². The van der Waals surface area contributed by atoms with E-state index in [1.807, 2.05) is 41.8 Å². The van der Waals surface area contributed by atoms with Gasteiger partial charge in [0.1, 0.15) is 5.75 Å². The molecular weight excluding hydrogens is 358 g/mol. The van der Waals surface area contributed by atoms with Crippen LogP contribution in [-0.4, -0.2) is 32.5 Å². The lowest BCUT2D eigenvalue weighted by Crippen LogP contribution is -1.84. The van der Waals surface area contributed by atoms with Crippen LogP contribution >= 0.6 is 23.1 Å². The maximum Gasteiger partial charge on any atom is 0.257 e. The predicted molar refractivity (Wildman–Crippen MR) is 95.5 cm³/mol. The average molecular weight is 371 g/mol. The monoisotopic (exact) mass is 371 g/mol. The zero-order valence-electron chi connectivity index (χ0n) is 13.2. The van der Waals surface area contributed by atoms with Gasteiger partial charge in [0, 0.05) is 5.56 Å². The highest BCUT2D eigenvalue weighted by molar-refractivity contribution is 7.98. The first-order valence-corrected chi connectivity index (χ1v) is 9.24. The summed E-state index contributed by atoms with van der Waals surface area (Å²) in [6.07, 6.45) is 0. The first-order chi connectivity index (χ1) is 12.3. The Morgan fingerprint density at radius 2 is 2.08 bits per heavy atom. The Morgan fingerprint density at radius 1 is 1.20 bits per heavy atom. The van der Waals surface area contributed by atoms with Crippen LogP contribution in [0.4, 0.5) is 0 Å². The minimum atomic E-state index is 0.512. The van der Waals surface area contributed by atoms with E-state index in [-0.39, 0.29) is 0 Å². The van der Waals surface area contributed by atoms with Crippen LogP contribution in [0.2, 0.25) is 0 Å². The van der Waals surface area contributed by atoms with Gasteiger partial charge in [0.25, 0.3) is 5.89 Å². The average Bonchev–Trinajstić information content (AvgIpc) is 3.41. The molecule has 0 bridgehead atoms. The van der Waals surface area contributed by atoms with E-state index in [0.717, 1.165) is 16.2 Å². The van der Waals surface area contributed by atoms with Gasteiger partial charge in [-0.05, 0) is 35.7 Å². The number of nitrogens with zero attached hydrogens (tertiary/aromatic N) is 4. The molecule has 0 fully saturated rings.